The molecule has 0 saturated heterocycles. The van der Waals surface area contributed by atoms with Crippen molar-refractivity contribution in [3.8, 4) is 0 Å². The second-order valence-electron chi connectivity index (χ2n) is 3.28. The van der Waals surface area contributed by atoms with Gasteiger partial charge in [0.05, 0.1) is 11.3 Å². The Balaban J connectivity index is 0.00000324. The van der Waals surface area contributed by atoms with E-state index in [4.69, 9.17) is 11.1 Å². The van der Waals surface area contributed by atoms with Gasteiger partial charge in [0, 0.05) is 5.69 Å². The first-order valence-corrected chi connectivity index (χ1v) is 5.71. The number of hydrogen-bond acceptors (Lipinski definition) is 3. The van der Waals surface area contributed by atoms with Gasteiger partial charge in [-0.05, 0) is 18.2 Å². The minimum absolute atomic E-state index is 0. The summed E-state index contributed by atoms with van der Waals surface area (Å²) in [5.74, 6) is -0.638. The second-order valence-corrected chi connectivity index (χ2v) is 4.30. The van der Waals surface area contributed by atoms with Crippen molar-refractivity contribution in [2.24, 2.45) is 5.73 Å². The Hall–Kier alpha value is -1.41. The van der Waals surface area contributed by atoms with Gasteiger partial charge in [-0.1, -0.05) is 17.8 Å². The summed E-state index contributed by atoms with van der Waals surface area (Å²) in [7, 11) is 0. The van der Waals surface area contributed by atoms with Crippen LogP contribution in [0.3, 0.4) is 0 Å². The number of amides is 1. The number of nitrogens with two attached hydrogens (primary N) is 1. The molecule has 0 aliphatic rings. The predicted octanol–water partition coefficient (Wildman–Crippen LogP) is 2.69. The van der Waals surface area contributed by atoms with E-state index >= 15 is 0 Å². The van der Waals surface area contributed by atoms with E-state index in [1.54, 1.807) is 0 Å². The Morgan fingerprint density at radius 1 is 1.42 bits per heavy atom. The smallest absolute Gasteiger partial charge is 0.379 e. The molecule has 0 saturated carbocycles. The third-order valence-electron chi connectivity index (χ3n) is 1.83. The van der Waals surface area contributed by atoms with Crippen molar-refractivity contribution in [2.45, 2.75) is 6.18 Å². The van der Waals surface area contributed by atoms with E-state index in [0.29, 0.717) is 0 Å². The molecule has 1 amide bonds. The summed E-state index contributed by atoms with van der Waals surface area (Å²) in [5, 5.41) is 8.97. The minimum Gasteiger partial charge on any atom is -0.379 e. The van der Waals surface area contributed by atoms with Gasteiger partial charge >= 0.3 is 6.18 Å². The number of anilines is 1. The molecule has 106 valence electrons. The largest absolute Gasteiger partial charge is 0.416 e. The first-order chi connectivity index (χ1) is 8.29. The minimum atomic E-state index is -4.45. The Morgan fingerprint density at radius 3 is 2.58 bits per heavy atom. The van der Waals surface area contributed by atoms with E-state index in [2.05, 4.69) is 5.32 Å². The molecule has 9 heteroatoms. The maximum atomic E-state index is 12.4. The molecule has 1 aromatic carbocycles. The third-order valence-corrected chi connectivity index (χ3v) is 2.55. The average Bonchev–Trinajstić information content (AvgIpc) is 2.25. The molecule has 0 aliphatic carbocycles. The number of amidine groups is 1. The van der Waals surface area contributed by atoms with Gasteiger partial charge in [0.1, 0.15) is 0 Å². The van der Waals surface area contributed by atoms with Crippen LogP contribution in [0.5, 0.6) is 0 Å². The summed E-state index contributed by atoms with van der Waals surface area (Å²) in [6.07, 6.45) is -4.45. The number of carbonyl (C=O) groups excluding carboxylic acids is 1. The normalized spacial score (nSPS) is 10.5. The molecule has 0 radical (unpaired) electrons. The first-order valence-electron chi connectivity index (χ1n) is 4.73. The predicted molar refractivity (Wildman–Crippen MR) is 71.7 cm³/mol. The summed E-state index contributed by atoms with van der Waals surface area (Å²) < 4.78 is 37.2. The molecule has 0 fully saturated rings. The van der Waals surface area contributed by atoms with Crippen molar-refractivity contribution in [2.75, 3.05) is 11.1 Å². The van der Waals surface area contributed by atoms with Crippen LogP contribution in [-0.4, -0.2) is 16.8 Å². The molecule has 0 bridgehead atoms. The van der Waals surface area contributed by atoms with E-state index in [1.807, 2.05) is 0 Å². The summed E-state index contributed by atoms with van der Waals surface area (Å²) in [5.41, 5.74) is 4.25. The van der Waals surface area contributed by atoms with Crippen LogP contribution in [0.15, 0.2) is 24.3 Å². The lowest BCUT2D eigenvalue weighted by Gasteiger charge is -2.09. The quantitative estimate of drug-likeness (QED) is 0.593. The zero-order valence-electron chi connectivity index (χ0n) is 9.45. The van der Waals surface area contributed by atoms with Crippen LogP contribution in [0.4, 0.5) is 18.9 Å². The first kappa shape index (κ1) is 17.6. The number of carbonyl (C=O) groups is 1. The molecule has 0 heterocycles. The van der Waals surface area contributed by atoms with Gasteiger partial charge in [0.15, 0.2) is 5.17 Å². The standard InChI is InChI=1S/C10H10F3N3OS.ClH/c11-10(12,13)6-2-1-3-7(4-6)16-8(17)5-18-9(14)15;/h1-4H,5H2,(H3,14,15)(H,16,17);1H. The van der Waals surface area contributed by atoms with Crippen LogP contribution in [0.1, 0.15) is 5.56 Å². The highest BCUT2D eigenvalue weighted by atomic mass is 35.5. The Labute approximate surface area is 117 Å². The fraction of sp³-hybridized carbons (Fsp3) is 0.200. The van der Waals surface area contributed by atoms with E-state index in [1.165, 1.54) is 12.1 Å². The lowest BCUT2D eigenvalue weighted by atomic mass is 10.2. The van der Waals surface area contributed by atoms with Crippen molar-refractivity contribution >= 4 is 40.9 Å². The van der Waals surface area contributed by atoms with Crippen LogP contribution in [0.25, 0.3) is 0 Å². The molecule has 1 aromatic rings. The molecule has 0 atom stereocenters. The molecule has 0 unspecified atom stereocenters. The van der Waals surface area contributed by atoms with Gasteiger partial charge in [0.2, 0.25) is 5.91 Å². The molecular formula is C10H11ClF3N3OS. The molecule has 4 nitrogen and oxygen atoms in total. The number of rotatable bonds is 3. The number of benzene rings is 1. The zero-order valence-corrected chi connectivity index (χ0v) is 11.1. The summed E-state index contributed by atoms with van der Waals surface area (Å²) in [4.78, 5) is 11.3. The van der Waals surface area contributed by atoms with Crippen LogP contribution < -0.4 is 11.1 Å². The highest BCUT2D eigenvalue weighted by Crippen LogP contribution is 2.30. The van der Waals surface area contributed by atoms with E-state index in [0.717, 1.165) is 23.9 Å². The van der Waals surface area contributed by atoms with Crippen LogP contribution >= 0.6 is 24.2 Å². The number of hydrogen-bond donors (Lipinski definition) is 3. The molecule has 4 N–H and O–H groups in total. The lowest BCUT2D eigenvalue weighted by Crippen LogP contribution is -2.17. The van der Waals surface area contributed by atoms with Gasteiger partial charge in [-0.2, -0.15) is 13.2 Å². The Bertz CT molecular complexity index is 468. The number of halogens is 4. The third kappa shape index (κ3) is 6.35. The monoisotopic (exact) mass is 313 g/mol. The van der Waals surface area contributed by atoms with Crippen molar-refractivity contribution in [1.82, 2.24) is 0 Å². The van der Waals surface area contributed by atoms with Crippen LogP contribution in [0.2, 0.25) is 0 Å². The van der Waals surface area contributed by atoms with Gasteiger partial charge in [-0.15, -0.1) is 12.4 Å². The van der Waals surface area contributed by atoms with Gasteiger partial charge in [-0.25, -0.2) is 0 Å². The Morgan fingerprint density at radius 2 is 2.05 bits per heavy atom. The van der Waals surface area contributed by atoms with Gasteiger partial charge in [0.25, 0.3) is 0 Å². The Kier molecular flexibility index (Phi) is 6.71. The fourth-order valence-corrected chi connectivity index (χ4v) is 1.47. The molecular weight excluding hydrogens is 303 g/mol. The average molecular weight is 314 g/mol. The molecule has 0 aliphatic heterocycles. The summed E-state index contributed by atoms with van der Waals surface area (Å²) >= 11 is 0.795. The molecule has 1 rings (SSSR count). The molecule has 0 aromatic heterocycles. The van der Waals surface area contributed by atoms with Crippen molar-refractivity contribution in [1.29, 1.82) is 5.41 Å². The van der Waals surface area contributed by atoms with E-state index in [9.17, 15) is 18.0 Å². The van der Waals surface area contributed by atoms with Crippen molar-refractivity contribution < 1.29 is 18.0 Å². The number of thioether (sulfide) groups is 1. The molecule has 19 heavy (non-hydrogen) atoms. The summed E-state index contributed by atoms with van der Waals surface area (Å²) in [6.45, 7) is 0. The lowest BCUT2D eigenvalue weighted by molar-refractivity contribution is -0.137. The highest BCUT2D eigenvalue weighted by Gasteiger charge is 2.30. The number of alkyl halides is 3. The highest BCUT2D eigenvalue weighted by molar-refractivity contribution is 8.14. The van der Waals surface area contributed by atoms with Crippen molar-refractivity contribution in [3.63, 3.8) is 0 Å². The van der Waals surface area contributed by atoms with Crippen LogP contribution in [-0.2, 0) is 11.0 Å². The molecule has 0 spiro atoms. The van der Waals surface area contributed by atoms with Crippen LogP contribution in [0, 0.1) is 5.41 Å². The van der Waals surface area contributed by atoms with Gasteiger partial charge in [-0.3, -0.25) is 10.2 Å². The zero-order chi connectivity index (χ0) is 13.8. The maximum absolute atomic E-state index is 12.4. The fourth-order valence-electron chi connectivity index (χ4n) is 1.11. The second kappa shape index (κ2) is 7.25. The van der Waals surface area contributed by atoms with Crippen molar-refractivity contribution in [3.05, 3.63) is 29.8 Å². The summed E-state index contributed by atoms with van der Waals surface area (Å²) in [6, 6.07) is 4.32. The van der Waals surface area contributed by atoms with E-state index < -0.39 is 17.6 Å². The SMILES string of the molecule is Cl.N=C(N)SCC(=O)Nc1cccc(C(F)(F)F)c1. The maximum Gasteiger partial charge on any atom is 0.416 e. The van der Waals surface area contributed by atoms with E-state index in [-0.39, 0.29) is 29.0 Å². The number of nitrogens with one attached hydrogen (secondary N) is 2. The van der Waals surface area contributed by atoms with Gasteiger partial charge < -0.3 is 11.1 Å². The topological polar surface area (TPSA) is 79.0 Å².